The molecule has 2 rings (SSSR count). The largest absolute Gasteiger partial charge is 0.311 e. The lowest BCUT2D eigenvalue weighted by atomic mass is 10.2. The second-order valence-corrected chi connectivity index (χ2v) is 4.73. The molecule has 0 aromatic heterocycles. The summed E-state index contributed by atoms with van der Waals surface area (Å²) < 4.78 is 0. The standard InChI is InChI=1S/C14H17N3O/c1-10-6-7-17(14(18)11(2)16-10)13-5-3-4-12(8-13)9-15/h3-5,8,10-11,16H,6-7H2,1-2H3. The predicted molar refractivity (Wildman–Crippen MR) is 70.2 cm³/mol. The van der Waals surface area contributed by atoms with Gasteiger partial charge in [-0.1, -0.05) is 6.07 Å². The molecule has 1 N–H and O–H groups in total. The molecule has 1 aromatic carbocycles. The molecule has 1 heterocycles. The van der Waals surface area contributed by atoms with E-state index in [1.165, 1.54) is 0 Å². The average molecular weight is 243 g/mol. The summed E-state index contributed by atoms with van der Waals surface area (Å²) in [6.45, 7) is 4.65. The molecule has 1 aromatic rings. The first-order valence-electron chi connectivity index (χ1n) is 6.19. The Morgan fingerprint density at radius 1 is 1.44 bits per heavy atom. The maximum absolute atomic E-state index is 12.3. The van der Waals surface area contributed by atoms with Crippen LogP contribution >= 0.6 is 0 Å². The summed E-state index contributed by atoms with van der Waals surface area (Å²) in [6.07, 6.45) is 0.910. The fourth-order valence-electron chi connectivity index (χ4n) is 2.25. The lowest BCUT2D eigenvalue weighted by Gasteiger charge is -2.22. The Bertz CT molecular complexity index is 492. The zero-order chi connectivity index (χ0) is 13.1. The molecule has 0 saturated carbocycles. The smallest absolute Gasteiger partial charge is 0.243 e. The zero-order valence-electron chi connectivity index (χ0n) is 10.7. The van der Waals surface area contributed by atoms with Crippen molar-refractivity contribution in [3.8, 4) is 6.07 Å². The molecule has 18 heavy (non-hydrogen) atoms. The first-order valence-corrected chi connectivity index (χ1v) is 6.19. The first-order chi connectivity index (χ1) is 8.61. The van der Waals surface area contributed by atoms with Crippen LogP contribution in [0.15, 0.2) is 24.3 Å². The minimum Gasteiger partial charge on any atom is -0.311 e. The molecule has 0 radical (unpaired) electrons. The van der Waals surface area contributed by atoms with Gasteiger partial charge in [-0.3, -0.25) is 4.79 Å². The maximum Gasteiger partial charge on any atom is 0.243 e. The van der Waals surface area contributed by atoms with E-state index in [1.54, 1.807) is 17.0 Å². The molecule has 0 spiro atoms. The Balaban J connectivity index is 2.30. The second kappa shape index (κ2) is 5.19. The van der Waals surface area contributed by atoms with Gasteiger partial charge in [-0.05, 0) is 38.5 Å². The predicted octanol–water partition coefficient (Wildman–Crippen LogP) is 1.66. The SMILES string of the molecule is CC1CCN(c2cccc(C#N)c2)C(=O)C(C)N1. The van der Waals surface area contributed by atoms with E-state index in [0.29, 0.717) is 18.2 Å². The average Bonchev–Trinajstić information content (AvgIpc) is 2.50. The number of carbonyl (C=O) groups is 1. The lowest BCUT2D eigenvalue weighted by molar-refractivity contribution is -0.119. The third-order valence-corrected chi connectivity index (χ3v) is 3.24. The van der Waals surface area contributed by atoms with Crippen LogP contribution in [-0.4, -0.2) is 24.5 Å². The summed E-state index contributed by atoms with van der Waals surface area (Å²) in [5.74, 6) is 0.0643. The molecule has 1 aliphatic rings. The molecule has 4 heteroatoms. The third kappa shape index (κ3) is 2.52. The van der Waals surface area contributed by atoms with Crippen molar-refractivity contribution in [3.63, 3.8) is 0 Å². The summed E-state index contributed by atoms with van der Waals surface area (Å²) in [5, 5.41) is 12.2. The van der Waals surface area contributed by atoms with Gasteiger partial charge >= 0.3 is 0 Å². The van der Waals surface area contributed by atoms with Gasteiger partial charge in [-0.15, -0.1) is 0 Å². The van der Waals surface area contributed by atoms with E-state index < -0.39 is 0 Å². The second-order valence-electron chi connectivity index (χ2n) is 4.73. The Kier molecular flexibility index (Phi) is 3.63. The van der Waals surface area contributed by atoms with Crippen LogP contribution in [0.5, 0.6) is 0 Å². The highest BCUT2D eigenvalue weighted by molar-refractivity contribution is 5.97. The van der Waals surface area contributed by atoms with Crippen LogP contribution in [-0.2, 0) is 4.79 Å². The minimum absolute atomic E-state index is 0.0643. The molecule has 0 bridgehead atoms. The number of hydrogen-bond donors (Lipinski definition) is 1. The van der Waals surface area contributed by atoms with Crippen LogP contribution in [0.2, 0.25) is 0 Å². The first kappa shape index (κ1) is 12.6. The van der Waals surface area contributed by atoms with Crippen molar-refractivity contribution in [1.82, 2.24) is 5.32 Å². The van der Waals surface area contributed by atoms with Gasteiger partial charge in [0.05, 0.1) is 17.7 Å². The molecule has 0 aliphatic carbocycles. The highest BCUT2D eigenvalue weighted by atomic mass is 16.2. The molecule has 1 fully saturated rings. The highest BCUT2D eigenvalue weighted by Crippen LogP contribution is 2.19. The van der Waals surface area contributed by atoms with Crippen molar-refractivity contribution in [1.29, 1.82) is 5.26 Å². The van der Waals surface area contributed by atoms with Crippen molar-refractivity contribution < 1.29 is 4.79 Å². The summed E-state index contributed by atoms with van der Waals surface area (Å²) >= 11 is 0. The summed E-state index contributed by atoms with van der Waals surface area (Å²) in [7, 11) is 0. The van der Waals surface area contributed by atoms with E-state index in [2.05, 4.69) is 18.3 Å². The van der Waals surface area contributed by atoms with Gasteiger partial charge < -0.3 is 10.2 Å². The van der Waals surface area contributed by atoms with Gasteiger partial charge in [0.1, 0.15) is 0 Å². The molecule has 1 saturated heterocycles. The topological polar surface area (TPSA) is 56.1 Å². The van der Waals surface area contributed by atoms with Crippen molar-refractivity contribution >= 4 is 11.6 Å². The van der Waals surface area contributed by atoms with Gasteiger partial charge in [-0.2, -0.15) is 5.26 Å². The van der Waals surface area contributed by atoms with Gasteiger partial charge in [0.15, 0.2) is 0 Å². The van der Waals surface area contributed by atoms with Gasteiger partial charge in [-0.25, -0.2) is 0 Å². The van der Waals surface area contributed by atoms with E-state index in [0.717, 1.165) is 12.1 Å². The fraction of sp³-hybridized carbons (Fsp3) is 0.429. The third-order valence-electron chi connectivity index (χ3n) is 3.24. The normalized spacial score (nSPS) is 24.5. The number of rotatable bonds is 1. The Labute approximate surface area is 107 Å². The molecule has 1 amide bonds. The van der Waals surface area contributed by atoms with Crippen molar-refractivity contribution in [2.75, 3.05) is 11.4 Å². The summed E-state index contributed by atoms with van der Waals surface area (Å²) in [6, 6.07) is 9.44. The Morgan fingerprint density at radius 3 is 2.94 bits per heavy atom. The number of carbonyl (C=O) groups excluding carboxylic acids is 1. The molecular weight excluding hydrogens is 226 g/mol. The number of hydrogen-bond acceptors (Lipinski definition) is 3. The molecule has 94 valence electrons. The lowest BCUT2D eigenvalue weighted by Crippen LogP contribution is -2.43. The zero-order valence-corrected chi connectivity index (χ0v) is 10.7. The number of benzene rings is 1. The van der Waals surface area contributed by atoms with Gasteiger partial charge in [0.25, 0.3) is 0 Å². The maximum atomic E-state index is 12.3. The molecular formula is C14H17N3O. The van der Waals surface area contributed by atoms with Crippen molar-refractivity contribution in [2.24, 2.45) is 0 Å². The summed E-state index contributed by atoms with van der Waals surface area (Å²) in [5.41, 5.74) is 1.39. The minimum atomic E-state index is -0.187. The van der Waals surface area contributed by atoms with Crippen molar-refractivity contribution in [2.45, 2.75) is 32.4 Å². The fourth-order valence-corrected chi connectivity index (χ4v) is 2.25. The number of nitrogens with one attached hydrogen (secondary N) is 1. The van der Waals surface area contributed by atoms with Crippen LogP contribution in [0.25, 0.3) is 0 Å². The van der Waals surface area contributed by atoms with E-state index >= 15 is 0 Å². The van der Waals surface area contributed by atoms with E-state index in [9.17, 15) is 4.79 Å². The van der Waals surface area contributed by atoms with Crippen LogP contribution in [0.4, 0.5) is 5.69 Å². The van der Waals surface area contributed by atoms with Gasteiger partial charge in [0, 0.05) is 18.3 Å². The number of nitrogens with zero attached hydrogens (tertiary/aromatic N) is 2. The molecule has 2 unspecified atom stereocenters. The summed E-state index contributed by atoms with van der Waals surface area (Å²) in [4.78, 5) is 14.0. The van der Waals surface area contributed by atoms with Crippen LogP contribution in [0.1, 0.15) is 25.8 Å². The van der Waals surface area contributed by atoms with E-state index in [4.69, 9.17) is 5.26 Å². The van der Waals surface area contributed by atoms with Crippen LogP contribution < -0.4 is 10.2 Å². The van der Waals surface area contributed by atoms with E-state index in [-0.39, 0.29) is 11.9 Å². The molecule has 1 aliphatic heterocycles. The number of amides is 1. The highest BCUT2D eigenvalue weighted by Gasteiger charge is 2.26. The van der Waals surface area contributed by atoms with E-state index in [1.807, 2.05) is 19.1 Å². The van der Waals surface area contributed by atoms with Gasteiger partial charge in [0.2, 0.25) is 5.91 Å². The Hall–Kier alpha value is -1.86. The number of nitriles is 1. The monoisotopic (exact) mass is 243 g/mol. The molecule has 4 nitrogen and oxygen atoms in total. The quantitative estimate of drug-likeness (QED) is 0.816. The Morgan fingerprint density at radius 2 is 2.22 bits per heavy atom. The molecule has 2 atom stereocenters. The number of anilines is 1. The van der Waals surface area contributed by atoms with Crippen molar-refractivity contribution in [3.05, 3.63) is 29.8 Å². The van der Waals surface area contributed by atoms with Crippen LogP contribution in [0.3, 0.4) is 0 Å². The van der Waals surface area contributed by atoms with Crippen LogP contribution in [0, 0.1) is 11.3 Å².